The van der Waals surface area contributed by atoms with E-state index < -0.39 is 6.09 Å². The highest BCUT2D eigenvalue weighted by atomic mass is 16.5. The molecule has 1 amide bonds. The number of ether oxygens (including phenoxy) is 1. The maximum atomic E-state index is 10.5. The van der Waals surface area contributed by atoms with Crippen LogP contribution in [0, 0.1) is 11.3 Å². The Labute approximate surface area is 103 Å². The second-order valence-corrected chi connectivity index (χ2v) is 3.53. The predicted octanol–water partition coefficient (Wildman–Crippen LogP) is 1.34. The maximum Gasteiger partial charge on any atom is 0.404 e. The zero-order chi connectivity index (χ0) is 13.0. The molecule has 0 fully saturated rings. The first-order valence-corrected chi connectivity index (χ1v) is 5.16. The van der Waals surface area contributed by atoms with Gasteiger partial charge < -0.3 is 10.5 Å². The summed E-state index contributed by atoms with van der Waals surface area (Å²) in [7, 11) is 0. The molecular weight excluding hydrogens is 232 g/mol. The number of benzene rings is 1. The van der Waals surface area contributed by atoms with Gasteiger partial charge in [-0.3, -0.25) is 0 Å². The van der Waals surface area contributed by atoms with Crippen LogP contribution >= 0.6 is 0 Å². The molecule has 0 aliphatic rings. The normalized spacial score (nSPS) is 9.72. The third kappa shape index (κ3) is 2.65. The van der Waals surface area contributed by atoms with Gasteiger partial charge in [0.05, 0.1) is 5.69 Å². The van der Waals surface area contributed by atoms with Crippen molar-refractivity contribution >= 4 is 6.09 Å². The van der Waals surface area contributed by atoms with Crippen molar-refractivity contribution in [2.45, 2.75) is 6.61 Å². The topological polar surface area (TPSA) is 93.9 Å². The van der Waals surface area contributed by atoms with Crippen LogP contribution in [0.25, 0.3) is 5.69 Å². The third-order valence-corrected chi connectivity index (χ3v) is 2.29. The Bertz CT molecular complexity index is 595. The second-order valence-electron chi connectivity index (χ2n) is 3.53. The molecule has 1 aromatic carbocycles. The van der Waals surface area contributed by atoms with Crippen LogP contribution in [-0.2, 0) is 11.3 Å². The summed E-state index contributed by atoms with van der Waals surface area (Å²) in [6.07, 6.45) is 0.901. The van der Waals surface area contributed by atoms with Crippen molar-refractivity contribution in [1.82, 2.24) is 9.78 Å². The van der Waals surface area contributed by atoms with Gasteiger partial charge >= 0.3 is 6.09 Å². The zero-order valence-electron chi connectivity index (χ0n) is 9.41. The van der Waals surface area contributed by atoms with Crippen molar-refractivity contribution in [1.29, 1.82) is 5.26 Å². The molecule has 0 saturated heterocycles. The van der Waals surface area contributed by atoms with Gasteiger partial charge in [-0.25, -0.2) is 9.48 Å². The van der Waals surface area contributed by atoms with Crippen molar-refractivity contribution in [2.24, 2.45) is 5.73 Å². The van der Waals surface area contributed by atoms with Crippen LogP contribution in [0.15, 0.2) is 36.5 Å². The number of primary amides is 1. The summed E-state index contributed by atoms with van der Waals surface area (Å²) in [5.74, 6) is 0. The number of amides is 1. The monoisotopic (exact) mass is 242 g/mol. The van der Waals surface area contributed by atoms with Gasteiger partial charge in [0.1, 0.15) is 12.7 Å². The number of carbonyl (C=O) groups is 1. The number of hydrogen-bond acceptors (Lipinski definition) is 4. The summed E-state index contributed by atoms with van der Waals surface area (Å²) < 4.78 is 6.26. The lowest BCUT2D eigenvalue weighted by Crippen LogP contribution is -2.12. The molecule has 0 spiro atoms. The summed E-state index contributed by atoms with van der Waals surface area (Å²) in [5, 5.41) is 12.7. The quantitative estimate of drug-likeness (QED) is 0.878. The van der Waals surface area contributed by atoms with E-state index in [0.29, 0.717) is 5.69 Å². The Balaban J connectivity index is 2.12. The fourth-order valence-corrected chi connectivity index (χ4v) is 1.43. The van der Waals surface area contributed by atoms with E-state index in [2.05, 4.69) is 9.84 Å². The fourth-order valence-electron chi connectivity index (χ4n) is 1.43. The van der Waals surface area contributed by atoms with Crippen LogP contribution < -0.4 is 5.73 Å². The fraction of sp³-hybridized carbons (Fsp3) is 0.0833. The minimum Gasteiger partial charge on any atom is -0.445 e. The molecule has 0 aliphatic carbocycles. The number of nitrogens with zero attached hydrogens (tertiary/aromatic N) is 3. The highest BCUT2D eigenvalue weighted by molar-refractivity contribution is 5.64. The Kier molecular flexibility index (Phi) is 3.25. The van der Waals surface area contributed by atoms with E-state index in [1.165, 1.54) is 0 Å². The number of nitrogens with two attached hydrogens (primary N) is 1. The van der Waals surface area contributed by atoms with Crippen LogP contribution in [0.4, 0.5) is 4.79 Å². The first-order valence-electron chi connectivity index (χ1n) is 5.16. The van der Waals surface area contributed by atoms with E-state index in [4.69, 9.17) is 11.0 Å². The standard InChI is InChI=1S/C12H10N4O2/c13-7-10-5-6-16(15-10)11-3-1-9(2-4-11)8-18-12(14)17/h1-6H,8H2,(H2,14,17). The Morgan fingerprint density at radius 1 is 1.39 bits per heavy atom. The second kappa shape index (κ2) is 5.01. The Morgan fingerprint density at radius 3 is 2.67 bits per heavy atom. The Hall–Kier alpha value is -2.81. The minimum absolute atomic E-state index is 0.137. The largest absolute Gasteiger partial charge is 0.445 e. The van der Waals surface area contributed by atoms with Crippen molar-refractivity contribution in [3.8, 4) is 11.8 Å². The molecule has 0 unspecified atom stereocenters. The van der Waals surface area contributed by atoms with Gasteiger partial charge in [0.15, 0.2) is 5.69 Å². The first kappa shape index (κ1) is 11.7. The maximum absolute atomic E-state index is 10.5. The molecule has 0 saturated carbocycles. The number of hydrogen-bond donors (Lipinski definition) is 1. The summed E-state index contributed by atoms with van der Waals surface area (Å²) in [6, 6.07) is 10.8. The number of carbonyl (C=O) groups excluding carboxylic acids is 1. The van der Waals surface area contributed by atoms with E-state index in [9.17, 15) is 4.79 Å². The SMILES string of the molecule is N#Cc1ccn(-c2ccc(COC(N)=O)cc2)n1. The molecule has 0 radical (unpaired) electrons. The first-order chi connectivity index (χ1) is 8.69. The molecular formula is C12H10N4O2. The number of rotatable bonds is 3. The average molecular weight is 242 g/mol. The summed E-state index contributed by atoms with van der Waals surface area (Å²) in [4.78, 5) is 10.5. The van der Waals surface area contributed by atoms with Gasteiger partial charge in [-0.05, 0) is 23.8 Å². The molecule has 0 bridgehead atoms. The molecule has 0 atom stereocenters. The molecule has 18 heavy (non-hydrogen) atoms. The highest BCUT2D eigenvalue weighted by Crippen LogP contribution is 2.10. The predicted molar refractivity (Wildman–Crippen MR) is 62.7 cm³/mol. The number of nitriles is 1. The van der Waals surface area contributed by atoms with Crippen LogP contribution in [-0.4, -0.2) is 15.9 Å². The summed E-state index contributed by atoms with van der Waals surface area (Å²) in [6.45, 7) is 0.137. The van der Waals surface area contributed by atoms with Gasteiger partial charge in [-0.15, -0.1) is 0 Å². The highest BCUT2D eigenvalue weighted by Gasteiger charge is 2.01. The lowest BCUT2D eigenvalue weighted by atomic mass is 10.2. The molecule has 0 aliphatic heterocycles. The molecule has 1 aromatic heterocycles. The lowest BCUT2D eigenvalue weighted by Gasteiger charge is -2.04. The molecule has 2 N–H and O–H groups in total. The van der Waals surface area contributed by atoms with Gasteiger partial charge in [0.2, 0.25) is 0 Å². The molecule has 90 valence electrons. The van der Waals surface area contributed by atoms with Crippen LogP contribution in [0.1, 0.15) is 11.3 Å². The van der Waals surface area contributed by atoms with Gasteiger partial charge in [-0.1, -0.05) is 12.1 Å². The summed E-state index contributed by atoms with van der Waals surface area (Å²) in [5.41, 5.74) is 6.87. The lowest BCUT2D eigenvalue weighted by molar-refractivity contribution is 0.150. The molecule has 6 heteroatoms. The van der Waals surface area contributed by atoms with Gasteiger partial charge in [0.25, 0.3) is 0 Å². The van der Waals surface area contributed by atoms with Crippen LogP contribution in [0.5, 0.6) is 0 Å². The van der Waals surface area contributed by atoms with Crippen molar-refractivity contribution in [3.05, 3.63) is 47.8 Å². The smallest absolute Gasteiger partial charge is 0.404 e. The zero-order valence-corrected chi connectivity index (χ0v) is 9.41. The third-order valence-electron chi connectivity index (χ3n) is 2.29. The van der Waals surface area contributed by atoms with Crippen molar-refractivity contribution < 1.29 is 9.53 Å². The summed E-state index contributed by atoms with van der Waals surface area (Å²) >= 11 is 0. The van der Waals surface area contributed by atoms with Crippen LogP contribution in [0.3, 0.4) is 0 Å². The molecule has 1 heterocycles. The van der Waals surface area contributed by atoms with Crippen molar-refractivity contribution in [2.75, 3.05) is 0 Å². The Morgan fingerprint density at radius 2 is 2.11 bits per heavy atom. The van der Waals surface area contributed by atoms with Gasteiger partial charge in [-0.2, -0.15) is 10.4 Å². The van der Waals surface area contributed by atoms with Crippen LogP contribution in [0.2, 0.25) is 0 Å². The van der Waals surface area contributed by atoms with E-state index in [1.54, 1.807) is 29.1 Å². The molecule has 6 nitrogen and oxygen atoms in total. The van der Waals surface area contributed by atoms with E-state index in [1.807, 2.05) is 18.2 Å². The minimum atomic E-state index is -0.801. The molecule has 2 aromatic rings. The van der Waals surface area contributed by atoms with E-state index in [-0.39, 0.29) is 6.61 Å². The van der Waals surface area contributed by atoms with E-state index >= 15 is 0 Å². The average Bonchev–Trinajstić information content (AvgIpc) is 2.85. The number of aromatic nitrogens is 2. The van der Waals surface area contributed by atoms with Gasteiger partial charge in [0, 0.05) is 6.20 Å². The molecule has 2 rings (SSSR count). The van der Waals surface area contributed by atoms with E-state index in [0.717, 1.165) is 11.3 Å². The van der Waals surface area contributed by atoms with Crippen molar-refractivity contribution in [3.63, 3.8) is 0 Å².